The van der Waals surface area contributed by atoms with Gasteiger partial charge in [-0.05, 0) is 17.7 Å². The average molecular weight is 304 g/mol. The molecule has 2 aromatic rings. The monoisotopic (exact) mass is 304 g/mol. The van der Waals surface area contributed by atoms with Crippen LogP contribution in [0.15, 0.2) is 29.1 Å². The Morgan fingerprint density at radius 3 is 2.91 bits per heavy atom. The van der Waals surface area contributed by atoms with Crippen LogP contribution in [0.2, 0.25) is 0 Å². The van der Waals surface area contributed by atoms with E-state index in [1.807, 2.05) is 0 Å². The summed E-state index contributed by atoms with van der Waals surface area (Å²) in [6.07, 6.45) is 0.711. The molecule has 0 bridgehead atoms. The molecule has 0 unspecified atom stereocenters. The highest BCUT2D eigenvalue weighted by atomic mass is 19.1. The van der Waals surface area contributed by atoms with E-state index >= 15 is 0 Å². The molecule has 3 rings (SSSR count). The first kappa shape index (κ1) is 14.5. The second-order valence-corrected chi connectivity index (χ2v) is 5.41. The molecule has 0 saturated carbocycles. The van der Waals surface area contributed by atoms with E-state index in [-0.39, 0.29) is 23.8 Å². The number of hydrogen-bond acceptors (Lipinski definition) is 3. The van der Waals surface area contributed by atoms with E-state index in [1.54, 1.807) is 28.6 Å². The van der Waals surface area contributed by atoms with E-state index < -0.39 is 0 Å². The van der Waals surface area contributed by atoms with Crippen molar-refractivity contribution in [2.24, 2.45) is 7.05 Å². The molecule has 0 saturated heterocycles. The second-order valence-electron chi connectivity index (χ2n) is 5.41. The lowest BCUT2D eigenvalue weighted by molar-refractivity contribution is -0.130. The molecular formula is C15H17FN4O2. The Labute approximate surface area is 126 Å². The lowest BCUT2D eigenvalue weighted by Crippen LogP contribution is -2.36. The summed E-state index contributed by atoms with van der Waals surface area (Å²) in [6, 6.07) is 6.06. The Morgan fingerprint density at radius 2 is 2.14 bits per heavy atom. The van der Waals surface area contributed by atoms with Gasteiger partial charge in [-0.1, -0.05) is 12.1 Å². The molecule has 2 heterocycles. The van der Waals surface area contributed by atoms with Gasteiger partial charge in [0.2, 0.25) is 5.91 Å². The lowest BCUT2D eigenvalue weighted by atomic mass is 10.1. The fourth-order valence-electron chi connectivity index (χ4n) is 2.71. The maximum Gasteiger partial charge on any atom is 0.345 e. The Morgan fingerprint density at radius 1 is 1.32 bits per heavy atom. The number of carbonyl (C=O) groups excluding carboxylic acids is 1. The fourth-order valence-corrected chi connectivity index (χ4v) is 2.71. The third-order valence-electron chi connectivity index (χ3n) is 3.88. The topological polar surface area (TPSA) is 60.1 Å². The summed E-state index contributed by atoms with van der Waals surface area (Å²) < 4.78 is 16.1. The predicted octanol–water partition coefficient (Wildman–Crippen LogP) is 0.348. The maximum absolute atomic E-state index is 13.2. The summed E-state index contributed by atoms with van der Waals surface area (Å²) in [5.41, 5.74) is 0.498. The van der Waals surface area contributed by atoms with Crippen molar-refractivity contribution in [1.82, 2.24) is 19.2 Å². The Bertz CT molecular complexity index is 765. The summed E-state index contributed by atoms with van der Waals surface area (Å²) in [7, 11) is 1.62. The smallest absolute Gasteiger partial charge is 0.340 e. The van der Waals surface area contributed by atoms with Crippen LogP contribution in [0.5, 0.6) is 0 Å². The maximum atomic E-state index is 13.2. The Kier molecular flexibility index (Phi) is 3.79. The number of hydrogen-bond donors (Lipinski definition) is 0. The predicted molar refractivity (Wildman–Crippen MR) is 77.9 cm³/mol. The van der Waals surface area contributed by atoms with Crippen molar-refractivity contribution in [3.63, 3.8) is 0 Å². The highest BCUT2D eigenvalue weighted by Crippen LogP contribution is 2.09. The molecule has 6 nitrogen and oxygen atoms in total. The van der Waals surface area contributed by atoms with Crippen LogP contribution >= 0.6 is 0 Å². The first-order valence-corrected chi connectivity index (χ1v) is 7.19. The van der Waals surface area contributed by atoms with Crippen molar-refractivity contribution in [3.8, 4) is 0 Å². The number of rotatable bonds is 2. The number of benzene rings is 1. The molecular weight excluding hydrogens is 287 g/mol. The Hall–Kier alpha value is -2.44. The Balaban J connectivity index is 1.69. The molecule has 22 heavy (non-hydrogen) atoms. The zero-order valence-electron chi connectivity index (χ0n) is 12.3. The van der Waals surface area contributed by atoms with Crippen LogP contribution in [0, 0.1) is 5.82 Å². The van der Waals surface area contributed by atoms with Crippen LogP contribution in [0.3, 0.4) is 0 Å². The molecule has 0 atom stereocenters. The molecule has 0 fully saturated rings. The molecule has 1 aliphatic heterocycles. The van der Waals surface area contributed by atoms with E-state index in [4.69, 9.17) is 0 Å². The van der Waals surface area contributed by atoms with Gasteiger partial charge in [-0.2, -0.15) is 5.10 Å². The molecule has 0 spiro atoms. The SMILES string of the molecule is Cn1nc2n(c1=O)CCN(C(=O)Cc1cccc(F)c1)CC2. The number of carbonyl (C=O) groups is 1. The molecule has 0 N–H and O–H groups in total. The van der Waals surface area contributed by atoms with Crippen LogP contribution in [0.4, 0.5) is 4.39 Å². The van der Waals surface area contributed by atoms with Gasteiger partial charge < -0.3 is 4.90 Å². The minimum Gasteiger partial charge on any atom is -0.340 e. The van der Waals surface area contributed by atoms with E-state index in [0.717, 1.165) is 0 Å². The van der Waals surface area contributed by atoms with Crippen molar-refractivity contribution in [2.45, 2.75) is 19.4 Å². The highest BCUT2D eigenvalue weighted by molar-refractivity contribution is 5.78. The van der Waals surface area contributed by atoms with Crippen molar-refractivity contribution in [2.75, 3.05) is 13.1 Å². The zero-order valence-corrected chi connectivity index (χ0v) is 12.3. The normalized spacial score (nSPS) is 14.5. The largest absolute Gasteiger partial charge is 0.345 e. The number of aryl methyl sites for hydroxylation is 1. The van der Waals surface area contributed by atoms with Gasteiger partial charge in [0.15, 0.2) is 0 Å². The first-order valence-electron chi connectivity index (χ1n) is 7.19. The van der Waals surface area contributed by atoms with Gasteiger partial charge in [0.25, 0.3) is 0 Å². The van der Waals surface area contributed by atoms with E-state index in [0.29, 0.717) is 37.4 Å². The van der Waals surface area contributed by atoms with Crippen molar-refractivity contribution < 1.29 is 9.18 Å². The standard InChI is InChI=1S/C15H17FN4O2/c1-18-15(22)20-8-7-19(6-5-13(20)17-18)14(21)10-11-3-2-4-12(16)9-11/h2-4,9H,5-8,10H2,1H3. The van der Waals surface area contributed by atoms with Crippen LogP contribution in [-0.4, -0.2) is 38.2 Å². The van der Waals surface area contributed by atoms with Crippen LogP contribution in [0.25, 0.3) is 0 Å². The number of halogens is 1. The van der Waals surface area contributed by atoms with Gasteiger partial charge in [0.05, 0.1) is 6.42 Å². The second kappa shape index (κ2) is 5.75. The molecule has 1 aromatic heterocycles. The van der Waals surface area contributed by atoms with Gasteiger partial charge in [0, 0.05) is 33.1 Å². The molecule has 0 radical (unpaired) electrons. The third-order valence-corrected chi connectivity index (χ3v) is 3.88. The van der Waals surface area contributed by atoms with E-state index in [9.17, 15) is 14.0 Å². The third kappa shape index (κ3) is 2.79. The molecule has 116 valence electrons. The number of aromatic nitrogens is 3. The summed E-state index contributed by atoms with van der Waals surface area (Å²) in [5, 5.41) is 4.18. The molecule has 1 aromatic carbocycles. The quantitative estimate of drug-likeness (QED) is 0.804. The number of nitrogens with zero attached hydrogens (tertiary/aromatic N) is 4. The summed E-state index contributed by atoms with van der Waals surface area (Å²) >= 11 is 0. The first-order chi connectivity index (χ1) is 10.5. The van der Waals surface area contributed by atoms with Crippen LogP contribution < -0.4 is 5.69 Å². The van der Waals surface area contributed by atoms with E-state index in [2.05, 4.69) is 5.10 Å². The fraction of sp³-hybridized carbons (Fsp3) is 0.400. The minimum atomic E-state index is -0.343. The summed E-state index contributed by atoms with van der Waals surface area (Å²) in [4.78, 5) is 25.9. The highest BCUT2D eigenvalue weighted by Gasteiger charge is 2.21. The number of fused-ring (bicyclic) bond motifs is 1. The van der Waals surface area contributed by atoms with Crippen molar-refractivity contribution in [3.05, 3.63) is 52.0 Å². The van der Waals surface area contributed by atoms with Crippen molar-refractivity contribution >= 4 is 5.91 Å². The average Bonchev–Trinajstić information content (AvgIpc) is 2.65. The zero-order chi connectivity index (χ0) is 15.7. The molecule has 1 aliphatic rings. The molecule has 0 aliphatic carbocycles. The molecule has 1 amide bonds. The molecule has 7 heteroatoms. The van der Waals surface area contributed by atoms with Gasteiger partial charge >= 0.3 is 5.69 Å². The number of amides is 1. The summed E-state index contributed by atoms with van der Waals surface area (Å²) in [6.45, 7) is 1.42. The van der Waals surface area contributed by atoms with E-state index in [1.165, 1.54) is 16.8 Å². The lowest BCUT2D eigenvalue weighted by Gasteiger charge is -2.20. The minimum absolute atomic E-state index is 0.0619. The summed E-state index contributed by atoms with van der Waals surface area (Å²) in [5.74, 6) is 0.298. The van der Waals surface area contributed by atoms with Crippen molar-refractivity contribution in [1.29, 1.82) is 0 Å². The van der Waals surface area contributed by atoms with Gasteiger partial charge in [-0.15, -0.1) is 0 Å². The van der Waals surface area contributed by atoms with Gasteiger partial charge in [0.1, 0.15) is 11.6 Å². The van der Waals surface area contributed by atoms with Crippen LogP contribution in [-0.2, 0) is 31.2 Å². The van der Waals surface area contributed by atoms with Gasteiger partial charge in [-0.3, -0.25) is 9.36 Å². The van der Waals surface area contributed by atoms with Gasteiger partial charge in [-0.25, -0.2) is 13.9 Å². The van der Waals surface area contributed by atoms with Crippen LogP contribution in [0.1, 0.15) is 11.4 Å².